The average Bonchev–Trinajstić information content (AvgIpc) is 2.95. The SMILES string of the molecule is Cc1c(C(=O)NCC2CCCC(O)C2)cnc2ncnn12. The fourth-order valence-corrected chi connectivity index (χ4v) is 2.89. The number of aromatic nitrogens is 4. The van der Waals surface area contributed by atoms with Crippen LogP contribution in [0.1, 0.15) is 41.7 Å². The van der Waals surface area contributed by atoms with Gasteiger partial charge < -0.3 is 10.4 Å². The van der Waals surface area contributed by atoms with Gasteiger partial charge in [-0.05, 0) is 32.1 Å². The van der Waals surface area contributed by atoms with E-state index in [4.69, 9.17) is 0 Å². The second-order valence-corrected chi connectivity index (χ2v) is 5.63. The Bertz CT molecular complexity index is 654. The molecule has 0 radical (unpaired) electrons. The first-order valence-electron chi connectivity index (χ1n) is 7.26. The molecule has 2 aromatic rings. The molecule has 2 unspecified atom stereocenters. The molecule has 7 heteroatoms. The quantitative estimate of drug-likeness (QED) is 0.868. The molecule has 0 saturated heterocycles. The molecule has 2 N–H and O–H groups in total. The number of hydrogen-bond donors (Lipinski definition) is 2. The van der Waals surface area contributed by atoms with Gasteiger partial charge in [-0.2, -0.15) is 10.1 Å². The predicted octanol–water partition coefficient (Wildman–Crippen LogP) is 0.714. The van der Waals surface area contributed by atoms with Gasteiger partial charge in [0.15, 0.2) is 0 Å². The van der Waals surface area contributed by atoms with Crippen LogP contribution in [0.4, 0.5) is 0 Å². The standard InChI is InChI=1S/C14H19N5O2/c1-9-12(7-16-14-17-8-18-19(9)14)13(21)15-6-10-3-2-4-11(20)5-10/h7-8,10-11,20H,2-6H2,1H3,(H,15,21). The van der Waals surface area contributed by atoms with Crippen LogP contribution in [-0.2, 0) is 0 Å². The van der Waals surface area contributed by atoms with Crippen LogP contribution < -0.4 is 5.32 Å². The minimum absolute atomic E-state index is 0.155. The zero-order valence-corrected chi connectivity index (χ0v) is 12.0. The second-order valence-electron chi connectivity index (χ2n) is 5.63. The summed E-state index contributed by atoms with van der Waals surface area (Å²) in [6.07, 6.45) is 6.43. The second kappa shape index (κ2) is 5.77. The number of rotatable bonds is 3. The summed E-state index contributed by atoms with van der Waals surface area (Å²) in [6.45, 7) is 2.41. The van der Waals surface area contributed by atoms with Crippen molar-refractivity contribution in [2.75, 3.05) is 6.54 Å². The molecule has 7 nitrogen and oxygen atoms in total. The van der Waals surface area contributed by atoms with Crippen molar-refractivity contribution >= 4 is 11.7 Å². The van der Waals surface area contributed by atoms with Gasteiger partial charge in [0.1, 0.15) is 6.33 Å². The van der Waals surface area contributed by atoms with Gasteiger partial charge >= 0.3 is 0 Å². The van der Waals surface area contributed by atoms with Crippen LogP contribution in [-0.4, -0.2) is 43.2 Å². The lowest BCUT2D eigenvalue weighted by molar-refractivity contribution is 0.0872. The summed E-state index contributed by atoms with van der Waals surface area (Å²) in [5.41, 5.74) is 1.23. The van der Waals surface area contributed by atoms with Crippen molar-refractivity contribution in [1.29, 1.82) is 0 Å². The highest BCUT2D eigenvalue weighted by Crippen LogP contribution is 2.23. The van der Waals surface area contributed by atoms with Gasteiger partial charge in [-0.1, -0.05) is 6.42 Å². The van der Waals surface area contributed by atoms with E-state index in [9.17, 15) is 9.90 Å². The lowest BCUT2D eigenvalue weighted by atomic mass is 9.87. The largest absolute Gasteiger partial charge is 0.393 e. The molecule has 1 saturated carbocycles. The van der Waals surface area contributed by atoms with Crippen LogP contribution in [0.15, 0.2) is 12.5 Å². The van der Waals surface area contributed by atoms with E-state index in [1.54, 1.807) is 4.52 Å². The Hall–Kier alpha value is -2.02. The molecule has 1 amide bonds. The lowest BCUT2D eigenvalue weighted by Gasteiger charge is -2.25. The van der Waals surface area contributed by atoms with Gasteiger partial charge in [0.25, 0.3) is 11.7 Å². The monoisotopic (exact) mass is 289 g/mol. The molecule has 2 aromatic heterocycles. The summed E-state index contributed by atoms with van der Waals surface area (Å²) in [7, 11) is 0. The van der Waals surface area contributed by atoms with Crippen molar-refractivity contribution in [3.05, 3.63) is 23.8 Å². The Morgan fingerprint density at radius 2 is 2.33 bits per heavy atom. The van der Waals surface area contributed by atoms with Crippen LogP contribution in [0.25, 0.3) is 5.78 Å². The van der Waals surface area contributed by atoms with E-state index in [0.717, 1.165) is 31.4 Å². The molecule has 112 valence electrons. The number of aliphatic hydroxyl groups excluding tert-OH is 1. The van der Waals surface area contributed by atoms with Gasteiger partial charge in [0.2, 0.25) is 0 Å². The molecular formula is C14H19N5O2. The topological polar surface area (TPSA) is 92.4 Å². The summed E-state index contributed by atoms with van der Waals surface area (Å²) in [5.74, 6) is 0.679. The van der Waals surface area contributed by atoms with Crippen LogP contribution in [0.5, 0.6) is 0 Å². The smallest absolute Gasteiger partial charge is 0.254 e. The van der Waals surface area contributed by atoms with E-state index in [0.29, 0.717) is 23.8 Å². The molecule has 0 bridgehead atoms. The number of amides is 1. The summed E-state index contributed by atoms with van der Waals surface area (Å²) in [4.78, 5) is 20.4. The van der Waals surface area contributed by atoms with Crippen LogP contribution >= 0.6 is 0 Å². The van der Waals surface area contributed by atoms with Gasteiger partial charge in [-0.25, -0.2) is 9.50 Å². The van der Waals surface area contributed by atoms with E-state index in [2.05, 4.69) is 20.4 Å². The third-order valence-corrected chi connectivity index (χ3v) is 4.10. The summed E-state index contributed by atoms with van der Waals surface area (Å²) < 4.78 is 1.55. The number of carbonyl (C=O) groups is 1. The number of carbonyl (C=O) groups excluding carboxylic acids is 1. The van der Waals surface area contributed by atoms with E-state index < -0.39 is 0 Å². The van der Waals surface area contributed by atoms with Crippen LogP contribution in [0.3, 0.4) is 0 Å². The van der Waals surface area contributed by atoms with Crippen molar-refractivity contribution in [3.8, 4) is 0 Å². The lowest BCUT2D eigenvalue weighted by Crippen LogP contribution is -2.33. The van der Waals surface area contributed by atoms with E-state index in [1.807, 2.05) is 6.92 Å². The molecule has 0 aliphatic heterocycles. The number of aryl methyl sites for hydroxylation is 1. The minimum Gasteiger partial charge on any atom is -0.393 e. The van der Waals surface area contributed by atoms with Gasteiger partial charge in [-0.15, -0.1) is 0 Å². The highest BCUT2D eigenvalue weighted by Gasteiger charge is 2.21. The zero-order chi connectivity index (χ0) is 14.8. The number of nitrogens with zero attached hydrogens (tertiary/aromatic N) is 4. The summed E-state index contributed by atoms with van der Waals surface area (Å²) in [6, 6.07) is 0. The van der Waals surface area contributed by atoms with Crippen molar-refractivity contribution < 1.29 is 9.90 Å². The Morgan fingerprint density at radius 1 is 1.48 bits per heavy atom. The van der Waals surface area contributed by atoms with Gasteiger partial charge in [0.05, 0.1) is 17.4 Å². The normalized spacial score (nSPS) is 22.4. The average molecular weight is 289 g/mol. The highest BCUT2D eigenvalue weighted by molar-refractivity contribution is 5.95. The zero-order valence-electron chi connectivity index (χ0n) is 12.0. The Balaban J connectivity index is 1.67. The molecule has 2 heterocycles. The Kier molecular flexibility index (Phi) is 3.83. The predicted molar refractivity (Wildman–Crippen MR) is 75.8 cm³/mol. The molecule has 1 fully saturated rings. The van der Waals surface area contributed by atoms with E-state index in [1.165, 1.54) is 12.5 Å². The van der Waals surface area contributed by atoms with Crippen molar-refractivity contribution in [1.82, 2.24) is 24.9 Å². The first kappa shape index (κ1) is 13.9. The Morgan fingerprint density at radius 3 is 3.14 bits per heavy atom. The molecule has 2 atom stereocenters. The third kappa shape index (κ3) is 2.87. The van der Waals surface area contributed by atoms with Crippen molar-refractivity contribution in [2.24, 2.45) is 5.92 Å². The summed E-state index contributed by atoms with van der Waals surface area (Å²) in [5, 5.41) is 16.6. The first-order valence-corrected chi connectivity index (χ1v) is 7.26. The van der Waals surface area contributed by atoms with Crippen molar-refractivity contribution in [2.45, 2.75) is 38.7 Å². The fraction of sp³-hybridized carbons (Fsp3) is 0.571. The highest BCUT2D eigenvalue weighted by atomic mass is 16.3. The maximum Gasteiger partial charge on any atom is 0.254 e. The third-order valence-electron chi connectivity index (χ3n) is 4.10. The molecular weight excluding hydrogens is 270 g/mol. The molecule has 21 heavy (non-hydrogen) atoms. The van der Waals surface area contributed by atoms with Crippen LogP contribution in [0.2, 0.25) is 0 Å². The first-order chi connectivity index (χ1) is 10.1. The number of fused-ring (bicyclic) bond motifs is 1. The van der Waals surface area contributed by atoms with Crippen molar-refractivity contribution in [3.63, 3.8) is 0 Å². The fourth-order valence-electron chi connectivity index (χ4n) is 2.89. The number of aliphatic hydroxyl groups is 1. The molecule has 0 aromatic carbocycles. The molecule has 1 aliphatic carbocycles. The van der Waals surface area contributed by atoms with Gasteiger partial charge in [0, 0.05) is 12.7 Å². The Labute approximate surface area is 122 Å². The number of hydrogen-bond acceptors (Lipinski definition) is 5. The maximum atomic E-state index is 12.3. The maximum absolute atomic E-state index is 12.3. The number of nitrogens with one attached hydrogen (secondary N) is 1. The minimum atomic E-state index is -0.226. The molecule has 3 rings (SSSR count). The van der Waals surface area contributed by atoms with E-state index >= 15 is 0 Å². The van der Waals surface area contributed by atoms with Crippen LogP contribution in [0, 0.1) is 12.8 Å². The molecule has 0 spiro atoms. The molecule has 1 aliphatic rings. The van der Waals surface area contributed by atoms with E-state index in [-0.39, 0.29) is 12.0 Å². The van der Waals surface area contributed by atoms with Gasteiger partial charge in [-0.3, -0.25) is 4.79 Å². The summed E-state index contributed by atoms with van der Waals surface area (Å²) >= 11 is 0.